The van der Waals surface area contributed by atoms with Crippen LogP contribution in [0, 0.1) is 5.92 Å². The third kappa shape index (κ3) is 6.67. The third-order valence-corrected chi connectivity index (χ3v) is 6.40. The van der Waals surface area contributed by atoms with Gasteiger partial charge in [-0.1, -0.05) is 60.7 Å². The smallest absolute Gasteiger partial charge is 0.236 e. The second-order valence-corrected chi connectivity index (χ2v) is 8.35. The van der Waals surface area contributed by atoms with Gasteiger partial charge in [0.1, 0.15) is 0 Å². The number of rotatable bonds is 6. The van der Waals surface area contributed by atoms with Gasteiger partial charge in [0.25, 0.3) is 0 Å². The van der Waals surface area contributed by atoms with Crippen molar-refractivity contribution in [3.63, 3.8) is 0 Å². The van der Waals surface area contributed by atoms with Crippen LogP contribution in [0.3, 0.4) is 0 Å². The molecule has 7 heteroatoms. The Labute approximate surface area is 198 Å². The zero-order valence-electron chi connectivity index (χ0n) is 17.9. The molecule has 170 valence electrons. The maximum Gasteiger partial charge on any atom is 0.236 e. The minimum absolute atomic E-state index is 0. The first-order valence-electron chi connectivity index (χ1n) is 10.7. The number of hydrogen-bond acceptors (Lipinski definition) is 4. The van der Waals surface area contributed by atoms with Gasteiger partial charge in [0.15, 0.2) is 0 Å². The number of halogens is 2. The largest absolute Gasteiger partial charge is 0.341 e. The van der Waals surface area contributed by atoms with Crippen molar-refractivity contribution in [2.45, 2.75) is 12.5 Å². The van der Waals surface area contributed by atoms with Crippen molar-refractivity contribution in [2.75, 3.05) is 52.4 Å². The first-order chi connectivity index (χ1) is 14.2. The molecule has 0 spiro atoms. The number of carbonyl (C=O) groups excluding carboxylic acids is 1. The van der Waals surface area contributed by atoms with Gasteiger partial charge in [0.05, 0.1) is 6.54 Å². The van der Waals surface area contributed by atoms with Crippen LogP contribution < -0.4 is 5.73 Å². The van der Waals surface area contributed by atoms with Crippen LogP contribution in [0.2, 0.25) is 0 Å². The molecule has 4 rings (SSSR count). The average molecular weight is 465 g/mol. The molecule has 2 aromatic rings. The molecule has 2 heterocycles. The van der Waals surface area contributed by atoms with Gasteiger partial charge in [-0.15, -0.1) is 24.8 Å². The van der Waals surface area contributed by atoms with Gasteiger partial charge in [-0.3, -0.25) is 14.6 Å². The summed E-state index contributed by atoms with van der Waals surface area (Å²) in [6.07, 6.45) is 0. The van der Waals surface area contributed by atoms with Crippen molar-refractivity contribution in [1.82, 2.24) is 14.7 Å². The molecule has 2 saturated heterocycles. The van der Waals surface area contributed by atoms with Crippen LogP contribution >= 0.6 is 24.8 Å². The van der Waals surface area contributed by atoms with E-state index in [0.29, 0.717) is 24.9 Å². The molecular weight excluding hydrogens is 431 g/mol. The number of benzene rings is 2. The number of likely N-dealkylation sites (tertiary alicyclic amines) is 1. The molecule has 0 aliphatic carbocycles. The maximum atomic E-state index is 13.0. The Kier molecular flexibility index (Phi) is 10.3. The van der Waals surface area contributed by atoms with E-state index in [1.807, 2.05) is 11.0 Å². The fraction of sp³-hybridized carbons (Fsp3) is 0.458. The summed E-state index contributed by atoms with van der Waals surface area (Å²) in [7, 11) is 0. The van der Waals surface area contributed by atoms with Crippen LogP contribution in [0.4, 0.5) is 0 Å². The van der Waals surface area contributed by atoms with Gasteiger partial charge in [0, 0.05) is 51.7 Å². The predicted octanol–water partition coefficient (Wildman–Crippen LogP) is 2.85. The lowest BCUT2D eigenvalue weighted by atomic mass is 9.89. The highest BCUT2D eigenvalue weighted by Gasteiger charge is 2.35. The lowest BCUT2D eigenvalue weighted by Crippen LogP contribution is -2.49. The molecular formula is C24H34Cl2N4O. The van der Waals surface area contributed by atoms with E-state index in [1.54, 1.807) is 0 Å². The third-order valence-electron chi connectivity index (χ3n) is 6.40. The van der Waals surface area contributed by atoms with E-state index in [0.717, 1.165) is 45.8 Å². The van der Waals surface area contributed by atoms with Crippen LogP contribution in [0.15, 0.2) is 60.7 Å². The van der Waals surface area contributed by atoms with Crippen LogP contribution in [-0.2, 0) is 11.3 Å². The van der Waals surface area contributed by atoms with E-state index in [1.165, 1.54) is 11.1 Å². The molecule has 31 heavy (non-hydrogen) atoms. The second-order valence-electron chi connectivity index (χ2n) is 8.35. The number of nitrogens with zero attached hydrogens (tertiary/aromatic N) is 3. The first kappa shape index (κ1) is 25.6. The molecule has 2 aliphatic heterocycles. The molecule has 2 fully saturated rings. The summed E-state index contributed by atoms with van der Waals surface area (Å²) in [6.45, 7) is 7.65. The van der Waals surface area contributed by atoms with Crippen molar-refractivity contribution >= 4 is 30.7 Å². The summed E-state index contributed by atoms with van der Waals surface area (Å²) in [6, 6.07) is 21.1. The summed E-state index contributed by atoms with van der Waals surface area (Å²) in [5.41, 5.74) is 8.69. The zero-order chi connectivity index (χ0) is 20.1. The van der Waals surface area contributed by atoms with Crippen molar-refractivity contribution < 1.29 is 4.79 Å². The van der Waals surface area contributed by atoms with E-state index in [-0.39, 0.29) is 30.7 Å². The van der Waals surface area contributed by atoms with Gasteiger partial charge in [-0.2, -0.15) is 0 Å². The van der Waals surface area contributed by atoms with E-state index in [2.05, 4.69) is 64.4 Å². The Bertz CT molecular complexity index is 785. The minimum atomic E-state index is 0. The van der Waals surface area contributed by atoms with Crippen LogP contribution in [0.5, 0.6) is 0 Å². The molecule has 2 N–H and O–H groups in total. The SMILES string of the molecule is Cl.Cl.NC[C@@H]1CN(C(=O)CN2CCN(Cc3ccccc3)CC2)C[C@H]1c1ccccc1. The molecule has 2 aromatic carbocycles. The Morgan fingerprint density at radius 1 is 0.839 bits per heavy atom. The zero-order valence-corrected chi connectivity index (χ0v) is 19.6. The summed E-state index contributed by atoms with van der Waals surface area (Å²) < 4.78 is 0. The average Bonchev–Trinajstić information content (AvgIpc) is 3.21. The Morgan fingerprint density at radius 2 is 1.42 bits per heavy atom. The lowest BCUT2D eigenvalue weighted by molar-refractivity contribution is -0.132. The monoisotopic (exact) mass is 464 g/mol. The van der Waals surface area contributed by atoms with Crippen molar-refractivity contribution in [1.29, 1.82) is 0 Å². The molecule has 2 aliphatic rings. The van der Waals surface area contributed by atoms with Crippen molar-refractivity contribution in [3.05, 3.63) is 71.8 Å². The first-order valence-corrected chi connectivity index (χ1v) is 10.7. The summed E-state index contributed by atoms with van der Waals surface area (Å²) in [4.78, 5) is 19.8. The molecule has 1 amide bonds. The fourth-order valence-electron chi connectivity index (χ4n) is 4.63. The van der Waals surface area contributed by atoms with E-state index in [9.17, 15) is 4.79 Å². The standard InChI is InChI=1S/C24H32N4O.2ClH/c25-15-22-17-28(18-23(22)21-9-5-2-6-10-21)24(29)19-27-13-11-26(12-14-27)16-20-7-3-1-4-8-20;;/h1-10,22-23H,11-19,25H2;2*1H/t22-,23+;;/m1../s1. The molecule has 0 aromatic heterocycles. The highest BCUT2D eigenvalue weighted by atomic mass is 35.5. The maximum absolute atomic E-state index is 13.0. The molecule has 0 unspecified atom stereocenters. The van der Waals surface area contributed by atoms with Gasteiger partial charge in [0.2, 0.25) is 5.91 Å². The predicted molar refractivity (Wildman–Crippen MR) is 131 cm³/mol. The number of amides is 1. The lowest BCUT2D eigenvalue weighted by Gasteiger charge is -2.35. The van der Waals surface area contributed by atoms with Gasteiger partial charge in [-0.05, 0) is 23.6 Å². The van der Waals surface area contributed by atoms with Crippen LogP contribution in [0.25, 0.3) is 0 Å². The van der Waals surface area contributed by atoms with Gasteiger partial charge in [-0.25, -0.2) is 0 Å². The summed E-state index contributed by atoms with van der Waals surface area (Å²) in [5, 5.41) is 0. The Balaban J connectivity index is 0.00000171. The van der Waals surface area contributed by atoms with Crippen LogP contribution in [-0.4, -0.2) is 73.0 Å². The van der Waals surface area contributed by atoms with Gasteiger partial charge < -0.3 is 10.6 Å². The number of nitrogens with two attached hydrogens (primary N) is 1. The van der Waals surface area contributed by atoms with E-state index < -0.39 is 0 Å². The number of piperazine rings is 1. The normalized spacial score (nSPS) is 21.9. The molecule has 0 saturated carbocycles. The van der Waals surface area contributed by atoms with Crippen LogP contribution in [0.1, 0.15) is 17.0 Å². The topological polar surface area (TPSA) is 52.8 Å². The molecule has 5 nitrogen and oxygen atoms in total. The number of hydrogen-bond donors (Lipinski definition) is 1. The highest BCUT2D eigenvalue weighted by molar-refractivity contribution is 5.85. The second kappa shape index (κ2) is 12.4. The van der Waals surface area contributed by atoms with E-state index >= 15 is 0 Å². The van der Waals surface area contributed by atoms with Crippen molar-refractivity contribution in [3.8, 4) is 0 Å². The summed E-state index contributed by atoms with van der Waals surface area (Å²) >= 11 is 0. The van der Waals surface area contributed by atoms with E-state index in [4.69, 9.17) is 5.73 Å². The Hall–Kier alpha value is -1.63. The molecule has 0 bridgehead atoms. The van der Waals surface area contributed by atoms with Gasteiger partial charge >= 0.3 is 0 Å². The molecule has 0 radical (unpaired) electrons. The number of carbonyl (C=O) groups is 1. The highest BCUT2D eigenvalue weighted by Crippen LogP contribution is 2.32. The van der Waals surface area contributed by atoms with Crippen molar-refractivity contribution in [2.24, 2.45) is 11.7 Å². The molecule has 2 atom stereocenters. The fourth-order valence-corrected chi connectivity index (χ4v) is 4.63. The Morgan fingerprint density at radius 3 is 2.03 bits per heavy atom. The quantitative estimate of drug-likeness (QED) is 0.713. The minimum Gasteiger partial charge on any atom is -0.341 e. The summed E-state index contributed by atoms with van der Waals surface area (Å²) in [5.74, 6) is 0.954.